The van der Waals surface area contributed by atoms with Gasteiger partial charge < -0.3 is 15.8 Å². The smallest absolute Gasteiger partial charge is 0.246 e. The summed E-state index contributed by atoms with van der Waals surface area (Å²) in [5, 5.41) is 6.78. The summed E-state index contributed by atoms with van der Waals surface area (Å²) >= 11 is 0. The summed E-state index contributed by atoms with van der Waals surface area (Å²) in [5.41, 5.74) is 7.27. The second kappa shape index (κ2) is 6.90. The average Bonchev–Trinajstić information content (AvgIpc) is 2.92. The van der Waals surface area contributed by atoms with Gasteiger partial charge in [-0.15, -0.1) is 0 Å². The van der Waals surface area contributed by atoms with Crippen LogP contribution in [0.1, 0.15) is 24.9 Å². The van der Waals surface area contributed by atoms with Crippen LogP contribution in [0.25, 0.3) is 0 Å². The first-order valence-electron chi connectivity index (χ1n) is 6.88. The molecular formula is C15H20N4O2. The average molecular weight is 288 g/mol. The first kappa shape index (κ1) is 15.1. The minimum Gasteiger partial charge on any atom is -0.494 e. The highest BCUT2D eigenvalue weighted by Gasteiger charge is 2.17. The van der Waals surface area contributed by atoms with Crippen molar-refractivity contribution in [3.05, 3.63) is 42.2 Å². The minimum absolute atomic E-state index is 0.273. The number of hydrogen-bond acceptors (Lipinski definition) is 4. The lowest BCUT2D eigenvalue weighted by Gasteiger charge is -2.11. The van der Waals surface area contributed by atoms with Gasteiger partial charge in [0.2, 0.25) is 5.91 Å². The van der Waals surface area contributed by atoms with E-state index in [1.807, 2.05) is 12.1 Å². The summed E-state index contributed by atoms with van der Waals surface area (Å²) < 4.78 is 7.10. The van der Waals surface area contributed by atoms with Crippen molar-refractivity contribution in [1.82, 2.24) is 9.78 Å². The van der Waals surface area contributed by atoms with E-state index in [0.717, 1.165) is 12.2 Å². The number of anilines is 1. The van der Waals surface area contributed by atoms with Crippen LogP contribution < -0.4 is 15.8 Å². The van der Waals surface area contributed by atoms with Crippen LogP contribution in [0.15, 0.2) is 36.7 Å². The van der Waals surface area contributed by atoms with Gasteiger partial charge >= 0.3 is 0 Å². The predicted molar refractivity (Wildman–Crippen MR) is 81.0 cm³/mol. The van der Waals surface area contributed by atoms with Gasteiger partial charge in [0.1, 0.15) is 11.8 Å². The Hall–Kier alpha value is -2.34. The highest BCUT2D eigenvalue weighted by atomic mass is 16.5. The van der Waals surface area contributed by atoms with Crippen molar-refractivity contribution >= 4 is 11.6 Å². The van der Waals surface area contributed by atoms with Crippen LogP contribution in [-0.4, -0.2) is 22.3 Å². The second-order valence-corrected chi connectivity index (χ2v) is 4.79. The van der Waals surface area contributed by atoms with Crippen LogP contribution in [0.3, 0.4) is 0 Å². The van der Waals surface area contributed by atoms with Crippen molar-refractivity contribution in [2.75, 3.05) is 11.9 Å². The normalized spacial score (nSPS) is 12.0. The summed E-state index contributed by atoms with van der Waals surface area (Å²) in [4.78, 5) is 12.1. The van der Waals surface area contributed by atoms with Gasteiger partial charge in [-0.05, 0) is 30.7 Å². The van der Waals surface area contributed by atoms with Gasteiger partial charge in [-0.25, -0.2) is 0 Å². The minimum atomic E-state index is -0.741. The third-order valence-corrected chi connectivity index (χ3v) is 2.96. The molecule has 1 aromatic carbocycles. The highest BCUT2D eigenvalue weighted by Crippen LogP contribution is 2.17. The molecule has 6 heteroatoms. The molecule has 2 rings (SSSR count). The molecule has 1 aromatic heterocycles. The van der Waals surface area contributed by atoms with Gasteiger partial charge in [0, 0.05) is 24.5 Å². The van der Waals surface area contributed by atoms with Gasteiger partial charge in [-0.3, -0.25) is 9.48 Å². The summed E-state index contributed by atoms with van der Waals surface area (Å²) in [7, 11) is 1.78. The summed E-state index contributed by atoms with van der Waals surface area (Å²) in [6.07, 6.45) is 4.27. The third kappa shape index (κ3) is 4.06. The van der Waals surface area contributed by atoms with Crippen molar-refractivity contribution in [3.8, 4) is 5.75 Å². The first-order chi connectivity index (χ1) is 10.1. The van der Waals surface area contributed by atoms with Gasteiger partial charge in [0.05, 0.1) is 12.8 Å². The number of aromatic nitrogens is 2. The molecule has 0 aliphatic heterocycles. The largest absolute Gasteiger partial charge is 0.494 e. The predicted octanol–water partition coefficient (Wildman–Crippen LogP) is 1.85. The molecule has 0 radical (unpaired) electrons. The lowest BCUT2D eigenvalue weighted by molar-refractivity contribution is -0.117. The molecule has 21 heavy (non-hydrogen) atoms. The van der Waals surface area contributed by atoms with Crippen LogP contribution in [0, 0.1) is 0 Å². The monoisotopic (exact) mass is 288 g/mol. The molecular weight excluding hydrogens is 268 g/mol. The van der Waals surface area contributed by atoms with Crippen LogP contribution in [0.5, 0.6) is 5.75 Å². The molecule has 0 fully saturated rings. The number of nitrogens with one attached hydrogen (secondary N) is 1. The molecule has 0 saturated carbocycles. The molecule has 1 unspecified atom stereocenters. The summed E-state index contributed by atoms with van der Waals surface area (Å²) in [6.45, 7) is 2.73. The molecule has 112 valence electrons. The number of carbonyl (C=O) groups is 1. The number of nitrogens with two attached hydrogens (primary N) is 1. The summed E-state index contributed by atoms with van der Waals surface area (Å²) in [6, 6.07) is 6.48. The molecule has 6 nitrogen and oxygen atoms in total. The maximum Gasteiger partial charge on any atom is 0.246 e. The summed E-state index contributed by atoms with van der Waals surface area (Å²) in [5.74, 6) is 0.511. The van der Waals surface area contributed by atoms with E-state index in [4.69, 9.17) is 10.5 Å². The fourth-order valence-corrected chi connectivity index (χ4v) is 1.83. The molecule has 1 atom stereocenters. The highest BCUT2D eigenvalue weighted by molar-refractivity contribution is 5.95. The van der Waals surface area contributed by atoms with Gasteiger partial charge in [0.25, 0.3) is 0 Å². The van der Waals surface area contributed by atoms with E-state index in [2.05, 4.69) is 17.3 Å². The number of rotatable bonds is 6. The molecule has 1 amide bonds. The number of carbonyl (C=O) groups excluding carboxylic acids is 1. The number of benzene rings is 1. The first-order valence-corrected chi connectivity index (χ1v) is 6.88. The Morgan fingerprint density at radius 1 is 1.43 bits per heavy atom. The maximum atomic E-state index is 12.1. The van der Waals surface area contributed by atoms with Crippen molar-refractivity contribution in [2.45, 2.75) is 19.4 Å². The molecule has 0 saturated heterocycles. The Morgan fingerprint density at radius 3 is 2.71 bits per heavy atom. The lowest BCUT2D eigenvalue weighted by Crippen LogP contribution is -2.27. The van der Waals surface area contributed by atoms with Crippen LogP contribution >= 0.6 is 0 Å². The van der Waals surface area contributed by atoms with E-state index in [-0.39, 0.29) is 5.91 Å². The molecule has 0 aliphatic carbocycles. The maximum absolute atomic E-state index is 12.1. The standard InChI is InChI=1S/C15H20N4O2/c1-3-8-21-13-6-4-12(5-7-13)18-15(20)14(16)11-9-17-19(2)10-11/h4-7,9-10,14H,3,8,16H2,1-2H3,(H,18,20). The lowest BCUT2D eigenvalue weighted by atomic mass is 10.1. The van der Waals surface area contributed by atoms with Crippen LogP contribution in [-0.2, 0) is 11.8 Å². The van der Waals surface area contributed by atoms with E-state index in [0.29, 0.717) is 17.9 Å². The number of nitrogens with zero attached hydrogens (tertiary/aromatic N) is 2. The zero-order valence-electron chi connectivity index (χ0n) is 12.2. The van der Waals surface area contributed by atoms with E-state index in [1.54, 1.807) is 36.3 Å². The zero-order valence-corrected chi connectivity index (χ0v) is 12.2. The molecule has 2 aromatic rings. The van der Waals surface area contributed by atoms with Crippen molar-refractivity contribution in [1.29, 1.82) is 0 Å². The van der Waals surface area contributed by atoms with Gasteiger partial charge in [-0.1, -0.05) is 6.92 Å². The van der Waals surface area contributed by atoms with Crippen molar-refractivity contribution in [3.63, 3.8) is 0 Å². The third-order valence-electron chi connectivity index (χ3n) is 2.96. The Kier molecular flexibility index (Phi) is 4.94. The quantitative estimate of drug-likeness (QED) is 0.850. The van der Waals surface area contributed by atoms with Gasteiger partial charge in [0.15, 0.2) is 0 Å². The molecule has 0 spiro atoms. The van der Waals surface area contributed by atoms with Gasteiger partial charge in [-0.2, -0.15) is 5.10 Å². The number of amides is 1. The molecule has 1 heterocycles. The van der Waals surface area contributed by atoms with Crippen molar-refractivity contribution in [2.24, 2.45) is 12.8 Å². The number of hydrogen-bond donors (Lipinski definition) is 2. The Morgan fingerprint density at radius 2 is 2.14 bits per heavy atom. The van der Waals surface area contributed by atoms with Crippen LogP contribution in [0.4, 0.5) is 5.69 Å². The van der Waals surface area contributed by atoms with E-state index >= 15 is 0 Å². The second-order valence-electron chi connectivity index (χ2n) is 4.79. The molecule has 3 N–H and O–H groups in total. The zero-order chi connectivity index (χ0) is 15.2. The SMILES string of the molecule is CCCOc1ccc(NC(=O)C(N)c2cnn(C)c2)cc1. The Balaban J connectivity index is 1.96. The number of ether oxygens (including phenoxy) is 1. The Bertz CT molecular complexity index is 592. The molecule has 0 bridgehead atoms. The fourth-order valence-electron chi connectivity index (χ4n) is 1.83. The van der Waals surface area contributed by atoms with E-state index in [1.165, 1.54) is 0 Å². The van der Waals surface area contributed by atoms with Crippen molar-refractivity contribution < 1.29 is 9.53 Å². The number of aryl methyl sites for hydroxylation is 1. The topological polar surface area (TPSA) is 82.2 Å². The van der Waals surface area contributed by atoms with E-state index < -0.39 is 6.04 Å². The van der Waals surface area contributed by atoms with E-state index in [9.17, 15) is 4.79 Å². The Labute approximate surface area is 123 Å². The molecule has 0 aliphatic rings. The fraction of sp³-hybridized carbons (Fsp3) is 0.333. The van der Waals surface area contributed by atoms with Crippen LogP contribution in [0.2, 0.25) is 0 Å².